The zero-order valence-corrected chi connectivity index (χ0v) is 14.5. The minimum absolute atomic E-state index is 0. The number of ether oxygens (including phenoxy) is 1. The third-order valence-corrected chi connectivity index (χ3v) is 5.43. The van der Waals surface area contributed by atoms with E-state index in [1.165, 1.54) is 6.42 Å². The highest BCUT2D eigenvalue weighted by molar-refractivity contribution is 7.99. The van der Waals surface area contributed by atoms with Crippen molar-refractivity contribution < 1.29 is 4.74 Å². The summed E-state index contributed by atoms with van der Waals surface area (Å²) < 4.78 is 7.70. The third-order valence-electron chi connectivity index (χ3n) is 4.23. The molecule has 0 aromatic carbocycles. The third kappa shape index (κ3) is 4.25. The number of aromatic nitrogens is 3. The number of nitrogens with one attached hydrogen (secondary N) is 1. The molecule has 1 atom stereocenters. The Labute approximate surface area is 142 Å². The van der Waals surface area contributed by atoms with Crippen LogP contribution in [0.2, 0.25) is 0 Å². The van der Waals surface area contributed by atoms with Gasteiger partial charge in [0.05, 0.1) is 6.61 Å². The van der Waals surface area contributed by atoms with Crippen LogP contribution in [0.4, 0.5) is 0 Å². The number of allylic oxidation sites excluding steroid dienone is 1. The van der Waals surface area contributed by atoms with E-state index in [2.05, 4.69) is 26.7 Å². The number of nitrogens with zero attached hydrogens (tertiary/aromatic N) is 3. The zero-order valence-electron chi connectivity index (χ0n) is 12.9. The minimum atomic E-state index is 0. The summed E-state index contributed by atoms with van der Waals surface area (Å²) >= 11 is 1.82. The number of rotatable bonds is 6. The van der Waals surface area contributed by atoms with Crippen molar-refractivity contribution >= 4 is 24.2 Å². The van der Waals surface area contributed by atoms with E-state index in [0.717, 1.165) is 62.4 Å². The van der Waals surface area contributed by atoms with Gasteiger partial charge in [-0.15, -0.1) is 29.2 Å². The van der Waals surface area contributed by atoms with E-state index < -0.39 is 0 Å². The molecule has 2 fully saturated rings. The summed E-state index contributed by atoms with van der Waals surface area (Å²) in [6.07, 6.45) is 5.41. The van der Waals surface area contributed by atoms with Crippen LogP contribution in [0.3, 0.4) is 0 Å². The number of thioether (sulfide) groups is 1. The smallest absolute Gasteiger partial charge is 0.191 e. The molecule has 0 saturated carbocycles. The van der Waals surface area contributed by atoms with Crippen molar-refractivity contribution in [3.8, 4) is 0 Å². The highest BCUT2D eigenvalue weighted by atomic mass is 35.5. The second-order valence-corrected chi connectivity index (χ2v) is 6.79. The number of hydrogen-bond acceptors (Lipinski definition) is 5. The molecule has 7 heteroatoms. The molecule has 1 aromatic rings. The highest BCUT2D eigenvalue weighted by Crippen LogP contribution is 2.29. The van der Waals surface area contributed by atoms with Crippen molar-refractivity contribution in [1.29, 1.82) is 0 Å². The van der Waals surface area contributed by atoms with E-state index in [1.807, 2.05) is 17.8 Å². The van der Waals surface area contributed by atoms with Gasteiger partial charge in [-0.05, 0) is 38.3 Å². The average Bonchev–Trinajstić information content (AvgIpc) is 3.16. The monoisotopic (exact) mass is 344 g/mol. The number of hydrogen-bond donors (Lipinski definition) is 1. The molecule has 3 heterocycles. The van der Waals surface area contributed by atoms with Crippen LogP contribution in [0, 0.1) is 5.92 Å². The summed E-state index contributed by atoms with van der Waals surface area (Å²) in [5.74, 6) is 3.40. The molecule has 0 amide bonds. The highest BCUT2D eigenvalue weighted by Gasteiger charge is 2.24. The molecular formula is C15H25ClN4OS. The van der Waals surface area contributed by atoms with Gasteiger partial charge in [0.25, 0.3) is 0 Å². The predicted molar refractivity (Wildman–Crippen MR) is 92.0 cm³/mol. The van der Waals surface area contributed by atoms with Gasteiger partial charge in [-0.3, -0.25) is 0 Å². The lowest BCUT2D eigenvalue weighted by molar-refractivity contribution is 0.189. The molecule has 2 aliphatic heterocycles. The Kier molecular flexibility index (Phi) is 7.21. The summed E-state index contributed by atoms with van der Waals surface area (Å²) in [7, 11) is 0. The van der Waals surface area contributed by atoms with Crippen LogP contribution in [-0.4, -0.2) is 46.8 Å². The molecule has 124 valence electrons. The van der Waals surface area contributed by atoms with Crippen LogP contribution < -0.4 is 5.32 Å². The van der Waals surface area contributed by atoms with Crippen molar-refractivity contribution in [3.63, 3.8) is 0 Å². The van der Waals surface area contributed by atoms with E-state index in [0.29, 0.717) is 11.8 Å². The lowest BCUT2D eigenvalue weighted by atomic mass is 9.97. The molecule has 1 aromatic heterocycles. The van der Waals surface area contributed by atoms with Gasteiger partial charge in [0.2, 0.25) is 0 Å². The quantitative estimate of drug-likeness (QED) is 0.634. The van der Waals surface area contributed by atoms with Crippen molar-refractivity contribution in [3.05, 3.63) is 18.5 Å². The molecule has 0 bridgehead atoms. The first kappa shape index (κ1) is 17.8. The van der Waals surface area contributed by atoms with Gasteiger partial charge < -0.3 is 14.6 Å². The first-order chi connectivity index (χ1) is 10.4. The first-order valence-corrected chi connectivity index (χ1v) is 8.82. The molecule has 1 N–H and O–H groups in total. The summed E-state index contributed by atoms with van der Waals surface area (Å²) in [6.45, 7) is 8.64. The SMILES string of the molecule is C=CCn1c(SCC2CCOC2)nnc1C1CCNCC1.Cl. The second-order valence-electron chi connectivity index (χ2n) is 5.80. The summed E-state index contributed by atoms with van der Waals surface area (Å²) in [5, 5.41) is 13.4. The number of halogens is 1. The Morgan fingerprint density at radius 3 is 2.82 bits per heavy atom. The van der Waals surface area contributed by atoms with E-state index >= 15 is 0 Å². The fourth-order valence-electron chi connectivity index (χ4n) is 3.00. The summed E-state index contributed by atoms with van der Waals surface area (Å²) in [4.78, 5) is 0. The molecule has 0 radical (unpaired) electrons. The maximum absolute atomic E-state index is 5.44. The molecule has 2 saturated heterocycles. The lowest BCUT2D eigenvalue weighted by Gasteiger charge is -2.22. The molecule has 22 heavy (non-hydrogen) atoms. The van der Waals surface area contributed by atoms with Crippen LogP contribution in [0.25, 0.3) is 0 Å². The average molecular weight is 345 g/mol. The van der Waals surface area contributed by atoms with E-state index in [9.17, 15) is 0 Å². The molecule has 5 nitrogen and oxygen atoms in total. The second kappa shape index (κ2) is 8.91. The van der Waals surface area contributed by atoms with Crippen molar-refractivity contribution in [2.75, 3.05) is 32.1 Å². The van der Waals surface area contributed by atoms with Crippen molar-refractivity contribution in [1.82, 2.24) is 20.1 Å². The number of piperidine rings is 1. The zero-order chi connectivity index (χ0) is 14.5. The van der Waals surface area contributed by atoms with Gasteiger partial charge in [0.1, 0.15) is 5.82 Å². The molecule has 1 unspecified atom stereocenters. The topological polar surface area (TPSA) is 52.0 Å². The van der Waals surface area contributed by atoms with Gasteiger partial charge in [-0.25, -0.2) is 0 Å². The summed E-state index contributed by atoms with van der Waals surface area (Å²) in [6, 6.07) is 0. The Morgan fingerprint density at radius 1 is 1.32 bits per heavy atom. The van der Waals surface area contributed by atoms with Crippen molar-refractivity contribution in [2.24, 2.45) is 5.92 Å². The van der Waals surface area contributed by atoms with E-state index in [-0.39, 0.29) is 12.4 Å². The molecule has 0 spiro atoms. The van der Waals surface area contributed by atoms with Gasteiger partial charge >= 0.3 is 0 Å². The standard InChI is InChI=1S/C15H24N4OS.ClH/c1-2-8-19-14(13-3-6-16-7-4-13)17-18-15(19)21-11-12-5-9-20-10-12;/h2,12-13,16H,1,3-11H2;1H. The Morgan fingerprint density at radius 2 is 2.14 bits per heavy atom. The fraction of sp³-hybridized carbons (Fsp3) is 0.733. The van der Waals surface area contributed by atoms with E-state index in [1.54, 1.807) is 0 Å². The molecule has 2 aliphatic rings. The predicted octanol–water partition coefficient (Wildman–Crippen LogP) is 2.48. The largest absolute Gasteiger partial charge is 0.381 e. The normalized spacial score (nSPS) is 22.5. The molecule has 0 aliphatic carbocycles. The van der Waals surface area contributed by atoms with Crippen LogP contribution in [0.5, 0.6) is 0 Å². The van der Waals surface area contributed by atoms with Crippen LogP contribution in [0.1, 0.15) is 31.0 Å². The Hall–Kier alpha value is -0.560. The van der Waals surface area contributed by atoms with E-state index in [4.69, 9.17) is 4.74 Å². The first-order valence-electron chi connectivity index (χ1n) is 7.83. The van der Waals surface area contributed by atoms with Gasteiger partial charge in [0.15, 0.2) is 5.16 Å². The van der Waals surface area contributed by atoms with Crippen LogP contribution in [-0.2, 0) is 11.3 Å². The molecule has 3 rings (SSSR count). The van der Waals surface area contributed by atoms with Gasteiger partial charge in [0, 0.05) is 24.8 Å². The van der Waals surface area contributed by atoms with Crippen LogP contribution >= 0.6 is 24.2 Å². The minimum Gasteiger partial charge on any atom is -0.381 e. The molecular weight excluding hydrogens is 320 g/mol. The van der Waals surface area contributed by atoms with Crippen molar-refractivity contribution in [2.45, 2.75) is 36.9 Å². The van der Waals surface area contributed by atoms with Gasteiger partial charge in [-0.2, -0.15) is 0 Å². The summed E-state index contributed by atoms with van der Waals surface area (Å²) in [5.41, 5.74) is 0. The fourth-order valence-corrected chi connectivity index (χ4v) is 4.07. The maximum atomic E-state index is 5.44. The lowest BCUT2D eigenvalue weighted by Crippen LogP contribution is -2.28. The van der Waals surface area contributed by atoms with Gasteiger partial charge in [-0.1, -0.05) is 17.8 Å². The Balaban J connectivity index is 0.00000176. The maximum Gasteiger partial charge on any atom is 0.191 e. The van der Waals surface area contributed by atoms with Crippen LogP contribution in [0.15, 0.2) is 17.8 Å². The Bertz CT molecular complexity index is 470.